The first-order chi connectivity index (χ1) is 9.02. The van der Waals surface area contributed by atoms with E-state index in [9.17, 15) is 5.11 Å². The van der Waals surface area contributed by atoms with Crippen molar-refractivity contribution >= 4 is 17.9 Å². The number of benzene rings is 1. The van der Waals surface area contributed by atoms with Crippen LogP contribution in [0.15, 0.2) is 33.5 Å². The second kappa shape index (κ2) is 3.81. The second-order valence-corrected chi connectivity index (χ2v) is 5.02. The van der Waals surface area contributed by atoms with Gasteiger partial charge in [-0.15, -0.1) is 10.2 Å². The highest BCUT2D eigenvalue weighted by atomic mass is 16.3. The fourth-order valence-electron chi connectivity index (χ4n) is 2.46. The Labute approximate surface area is 110 Å². The normalized spacial score (nSPS) is 25.1. The van der Waals surface area contributed by atoms with Crippen LogP contribution in [0.1, 0.15) is 24.5 Å². The molecule has 1 aromatic rings. The molecule has 0 aromatic heterocycles. The highest BCUT2D eigenvalue weighted by Gasteiger charge is 2.45. The number of hydrogen-bond donors (Lipinski definition) is 2. The van der Waals surface area contributed by atoms with E-state index < -0.39 is 5.54 Å². The molecule has 0 saturated heterocycles. The van der Waals surface area contributed by atoms with Crippen LogP contribution in [-0.4, -0.2) is 33.5 Å². The molecule has 0 aliphatic carbocycles. The maximum atomic E-state index is 10.1. The van der Waals surface area contributed by atoms with Crippen LogP contribution in [-0.2, 0) is 0 Å². The molecular weight excluding hydrogens is 242 g/mol. The van der Waals surface area contributed by atoms with Gasteiger partial charge in [-0.2, -0.15) is 5.10 Å². The smallest absolute Gasteiger partial charge is 0.237 e. The van der Waals surface area contributed by atoms with Crippen molar-refractivity contribution in [1.82, 2.24) is 5.01 Å². The Kier molecular flexibility index (Phi) is 2.35. The summed E-state index contributed by atoms with van der Waals surface area (Å²) < 4.78 is 0. The molecule has 0 amide bonds. The summed E-state index contributed by atoms with van der Waals surface area (Å²) in [7, 11) is 0. The van der Waals surface area contributed by atoms with Crippen molar-refractivity contribution in [3.8, 4) is 5.75 Å². The van der Waals surface area contributed by atoms with Gasteiger partial charge in [0.15, 0.2) is 0 Å². The molecule has 6 heteroatoms. The van der Waals surface area contributed by atoms with E-state index in [0.717, 1.165) is 5.56 Å². The molecule has 19 heavy (non-hydrogen) atoms. The lowest BCUT2D eigenvalue weighted by molar-refractivity contribution is 0.306. The van der Waals surface area contributed by atoms with E-state index in [1.54, 1.807) is 17.3 Å². The molecule has 0 fully saturated rings. The molecule has 98 valence electrons. The van der Waals surface area contributed by atoms with Crippen molar-refractivity contribution in [3.63, 3.8) is 0 Å². The maximum Gasteiger partial charge on any atom is 0.237 e. The molecule has 2 heterocycles. The van der Waals surface area contributed by atoms with E-state index in [1.807, 2.05) is 26.0 Å². The Balaban J connectivity index is 2.14. The number of aromatic hydroxyl groups is 1. The fraction of sp³-hybridized carbons (Fsp3) is 0.308. The number of fused-ring (bicyclic) bond motifs is 1. The maximum absolute atomic E-state index is 10.1. The minimum atomic E-state index is -0.488. The fourth-order valence-corrected chi connectivity index (χ4v) is 2.46. The predicted molar refractivity (Wildman–Crippen MR) is 74.4 cm³/mol. The zero-order valence-corrected chi connectivity index (χ0v) is 10.8. The summed E-state index contributed by atoms with van der Waals surface area (Å²) in [6.07, 6.45) is 2.46. The van der Waals surface area contributed by atoms with Gasteiger partial charge in [0, 0.05) is 18.2 Å². The number of hydrazone groups is 1. The van der Waals surface area contributed by atoms with E-state index in [4.69, 9.17) is 5.73 Å². The van der Waals surface area contributed by atoms with Crippen LogP contribution in [0.2, 0.25) is 0 Å². The quantitative estimate of drug-likeness (QED) is 0.792. The average Bonchev–Trinajstić information content (AvgIpc) is 2.75. The Morgan fingerprint density at radius 1 is 1.37 bits per heavy atom. The second-order valence-electron chi connectivity index (χ2n) is 5.02. The van der Waals surface area contributed by atoms with Crippen LogP contribution in [0.3, 0.4) is 0 Å². The van der Waals surface area contributed by atoms with E-state index in [0.29, 0.717) is 17.7 Å². The zero-order valence-electron chi connectivity index (χ0n) is 10.8. The van der Waals surface area contributed by atoms with Gasteiger partial charge < -0.3 is 10.8 Å². The minimum Gasteiger partial charge on any atom is -0.507 e. The van der Waals surface area contributed by atoms with Crippen molar-refractivity contribution in [3.05, 3.63) is 29.3 Å². The number of phenols is 1. The Bertz CT molecular complexity index is 634. The monoisotopic (exact) mass is 257 g/mol. The van der Waals surface area contributed by atoms with Gasteiger partial charge >= 0.3 is 0 Å². The van der Waals surface area contributed by atoms with E-state index in [2.05, 4.69) is 15.3 Å². The van der Waals surface area contributed by atoms with Crippen LogP contribution in [0, 0.1) is 6.92 Å². The van der Waals surface area contributed by atoms with Crippen LogP contribution < -0.4 is 5.73 Å². The number of guanidine groups is 1. The summed E-state index contributed by atoms with van der Waals surface area (Å²) in [6, 6.07) is 5.49. The Hall–Kier alpha value is -2.37. The summed E-state index contributed by atoms with van der Waals surface area (Å²) in [5.41, 5.74) is 7.65. The summed E-state index contributed by atoms with van der Waals surface area (Å²) >= 11 is 0. The molecule has 0 spiro atoms. The van der Waals surface area contributed by atoms with E-state index >= 15 is 0 Å². The van der Waals surface area contributed by atoms with Crippen molar-refractivity contribution < 1.29 is 5.11 Å². The van der Waals surface area contributed by atoms with Gasteiger partial charge in [-0.3, -0.25) is 0 Å². The number of nitrogens with two attached hydrogens (primary N) is 1. The molecule has 2 aliphatic heterocycles. The standard InChI is InChI=1S/C13H15N5O/c1-8-3-4-9(10(19)7-8)11-13(2)5-6-15-18(13)12(14)17-16-11/h3-4,6-7,19H,5H2,1-2H3,(H2,14,17). The van der Waals surface area contributed by atoms with Gasteiger partial charge in [-0.05, 0) is 31.5 Å². The zero-order chi connectivity index (χ0) is 13.6. The third-order valence-electron chi connectivity index (χ3n) is 3.54. The third-order valence-corrected chi connectivity index (χ3v) is 3.54. The van der Waals surface area contributed by atoms with Crippen LogP contribution in [0.4, 0.5) is 0 Å². The lowest BCUT2D eigenvalue weighted by Gasteiger charge is -2.36. The first-order valence-corrected chi connectivity index (χ1v) is 6.06. The summed E-state index contributed by atoms with van der Waals surface area (Å²) in [5.74, 6) is 0.467. The van der Waals surface area contributed by atoms with Crippen molar-refractivity contribution in [2.75, 3.05) is 0 Å². The SMILES string of the molecule is Cc1ccc(C2=NN=C(N)N3N=CCC23C)c(O)c1. The number of phenolic OH excluding ortho intramolecular Hbond substituents is 1. The molecule has 0 bridgehead atoms. The number of aryl methyl sites for hydroxylation is 1. The third kappa shape index (κ3) is 1.60. The molecule has 2 aliphatic rings. The van der Waals surface area contributed by atoms with Gasteiger partial charge in [0.25, 0.3) is 0 Å². The number of rotatable bonds is 1. The average molecular weight is 257 g/mol. The van der Waals surface area contributed by atoms with Crippen molar-refractivity contribution in [2.45, 2.75) is 25.8 Å². The van der Waals surface area contributed by atoms with Gasteiger partial charge in [0.05, 0.1) is 0 Å². The minimum absolute atomic E-state index is 0.197. The number of hydrogen-bond acceptors (Lipinski definition) is 6. The van der Waals surface area contributed by atoms with Gasteiger partial charge in [0.1, 0.15) is 17.0 Å². The molecule has 0 radical (unpaired) electrons. The van der Waals surface area contributed by atoms with Crippen LogP contribution in [0.25, 0.3) is 0 Å². The Morgan fingerprint density at radius 3 is 2.89 bits per heavy atom. The van der Waals surface area contributed by atoms with Crippen molar-refractivity contribution in [2.24, 2.45) is 21.0 Å². The van der Waals surface area contributed by atoms with Gasteiger partial charge in [-0.25, -0.2) is 5.01 Å². The van der Waals surface area contributed by atoms with Gasteiger partial charge in [0.2, 0.25) is 5.96 Å². The van der Waals surface area contributed by atoms with Crippen LogP contribution >= 0.6 is 0 Å². The Morgan fingerprint density at radius 2 is 2.16 bits per heavy atom. The molecule has 1 aromatic carbocycles. The summed E-state index contributed by atoms with van der Waals surface area (Å²) in [6.45, 7) is 3.91. The van der Waals surface area contributed by atoms with E-state index in [1.165, 1.54) is 0 Å². The van der Waals surface area contributed by atoms with Gasteiger partial charge in [-0.1, -0.05) is 6.07 Å². The highest BCUT2D eigenvalue weighted by molar-refractivity contribution is 6.13. The first-order valence-electron chi connectivity index (χ1n) is 6.06. The lowest BCUT2D eigenvalue weighted by atomic mass is 9.86. The molecule has 3 rings (SSSR count). The lowest BCUT2D eigenvalue weighted by Crippen LogP contribution is -2.54. The largest absolute Gasteiger partial charge is 0.507 e. The number of nitrogens with zero attached hydrogens (tertiary/aromatic N) is 4. The first kappa shape index (κ1) is 11.7. The summed E-state index contributed by atoms with van der Waals surface area (Å²) in [4.78, 5) is 0. The molecule has 1 atom stereocenters. The van der Waals surface area contributed by atoms with E-state index in [-0.39, 0.29) is 11.7 Å². The topological polar surface area (TPSA) is 86.6 Å². The molecule has 3 N–H and O–H groups in total. The van der Waals surface area contributed by atoms with Crippen LogP contribution in [0.5, 0.6) is 5.75 Å². The molecule has 1 unspecified atom stereocenters. The highest BCUT2D eigenvalue weighted by Crippen LogP contribution is 2.34. The summed E-state index contributed by atoms with van der Waals surface area (Å²) in [5, 5.41) is 24.1. The molecule has 0 saturated carbocycles. The van der Waals surface area contributed by atoms with Crippen molar-refractivity contribution in [1.29, 1.82) is 0 Å². The predicted octanol–water partition coefficient (Wildman–Crippen LogP) is 1.18. The molecule has 6 nitrogen and oxygen atoms in total. The molecular formula is C13H15N5O.